The quantitative estimate of drug-likeness (QED) is 0.167. The fraction of sp³-hybridized carbons (Fsp3) is 0. The molecule has 2 heteroatoms. The normalized spacial score (nSPS) is 11.6. The molecule has 0 aliphatic carbocycles. The van der Waals surface area contributed by atoms with Gasteiger partial charge in [0.05, 0.1) is 22.4 Å². The predicted molar refractivity (Wildman–Crippen MR) is 239 cm³/mol. The van der Waals surface area contributed by atoms with Crippen molar-refractivity contribution in [2.45, 2.75) is 0 Å². The molecule has 0 saturated carbocycles. The van der Waals surface area contributed by atoms with E-state index in [1.807, 2.05) is 0 Å². The second kappa shape index (κ2) is 13.2. The largest absolute Gasteiger partial charge is 0.310 e. The van der Waals surface area contributed by atoms with Crippen LogP contribution >= 0.6 is 0 Å². The van der Waals surface area contributed by atoms with Gasteiger partial charge >= 0.3 is 0 Å². The van der Waals surface area contributed by atoms with E-state index in [0.717, 1.165) is 17.1 Å². The summed E-state index contributed by atoms with van der Waals surface area (Å²) in [6, 6.07) is 79.5. The maximum Gasteiger partial charge on any atom is 0.0619 e. The zero-order valence-corrected chi connectivity index (χ0v) is 30.7. The maximum absolute atomic E-state index is 2.48. The fourth-order valence-corrected chi connectivity index (χ4v) is 8.68. The zero-order chi connectivity index (χ0) is 37.0. The van der Waals surface area contributed by atoms with E-state index in [0.29, 0.717) is 0 Å². The monoisotopic (exact) mass is 712 g/mol. The Bertz CT molecular complexity index is 3230. The third-order valence-electron chi connectivity index (χ3n) is 11.3. The van der Waals surface area contributed by atoms with E-state index in [4.69, 9.17) is 0 Å². The summed E-state index contributed by atoms with van der Waals surface area (Å²) in [4.78, 5) is 2.42. The number of anilines is 3. The third kappa shape index (κ3) is 5.26. The van der Waals surface area contributed by atoms with E-state index in [9.17, 15) is 0 Å². The lowest BCUT2D eigenvalue weighted by molar-refractivity contribution is 1.20. The molecular weight excluding hydrogens is 677 g/mol. The van der Waals surface area contributed by atoms with Crippen molar-refractivity contribution in [3.05, 3.63) is 218 Å². The first kappa shape index (κ1) is 32.0. The Kier molecular flexibility index (Phi) is 7.53. The van der Waals surface area contributed by atoms with Gasteiger partial charge in [-0.25, -0.2) is 0 Å². The molecule has 0 saturated heterocycles. The predicted octanol–water partition coefficient (Wildman–Crippen LogP) is 15.0. The molecule has 0 fully saturated rings. The summed E-state index contributed by atoms with van der Waals surface area (Å²) in [6.45, 7) is 0. The molecule has 56 heavy (non-hydrogen) atoms. The van der Waals surface area contributed by atoms with Crippen molar-refractivity contribution in [2.24, 2.45) is 0 Å². The van der Waals surface area contributed by atoms with Gasteiger partial charge in [-0.05, 0) is 86.9 Å². The number of rotatable bonds is 6. The molecule has 1 heterocycles. The van der Waals surface area contributed by atoms with Gasteiger partial charge in [0.2, 0.25) is 0 Å². The number of benzene rings is 10. The number of nitrogens with zero attached hydrogens (tertiary/aromatic N) is 2. The van der Waals surface area contributed by atoms with Crippen molar-refractivity contribution < 1.29 is 0 Å². The molecule has 0 bridgehead atoms. The van der Waals surface area contributed by atoms with Gasteiger partial charge in [0.25, 0.3) is 0 Å². The molecule has 11 rings (SSSR count). The molecular formula is C54H36N2. The van der Waals surface area contributed by atoms with Crippen LogP contribution in [0, 0.1) is 0 Å². The molecule has 0 aliphatic heterocycles. The molecule has 1 aromatic heterocycles. The third-order valence-corrected chi connectivity index (χ3v) is 11.3. The molecule has 2 nitrogen and oxygen atoms in total. The number of hydrogen-bond donors (Lipinski definition) is 0. The minimum absolute atomic E-state index is 1.10. The van der Waals surface area contributed by atoms with Crippen LogP contribution in [0.15, 0.2) is 218 Å². The first-order chi connectivity index (χ1) is 27.8. The maximum atomic E-state index is 2.48. The average Bonchev–Trinajstić information content (AvgIpc) is 3.62. The highest BCUT2D eigenvalue weighted by atomic mass is 15.1. The van der Waals surface area contributed by atoms with Crippen LogP contribution in [-0.2, 0) is 0 Å². The van der Waals surface area contributed by atoms with E-state index in [1.165, 1.54) is 82.1 Å². The Hall–Kier alpha value is -7.42. The highest BCUT2D eigenvalue weighted by molar-refractivity contribution is 6.19. The minimum atomic E-state index is 1.10. The lowest BCUT2D eigenvalue weighted by Gasteiger charge is -2.28. The van der Waals surface area contributed by atoms with Crippen molar-refractivity contribution in [3.63, 3.8) is 0 Å². The van der Waals surface area contributed by atoms with Gasteiger partial charge in [-0.3, -0.25) is 0 Å². The molecule has 0 atom stereocenters. The second-order valence-electron chi connectivity index (χ2n) is 14.5. The molecule has 0 aliphatic rings. The molecule has 0 N–H and O–H groups in total. The van der Waals surface area contributed by atoms with Gasteiger partial charge in [-0.15, -0.1) is 0 Å². The minimum Gasteiger partial charge on any atom is -0.310 e. The van der Waals surface area contributed by atoms with Crippen LogP contribution in [0.4, 0.5) is 17.1 Å². The smallest absolute Gasteiger partial charge is 0.0619 e. The first-order valence-corrected chi connectivity index (χ1v) is 19.3. The topological polar surface area (TPSA) is 8.17 Å². The Morgan fingerprint density at radius 3 is 1.64 bits per heavy atom. The Morgan fingerprint density at radius 2 is 0.857 bits per heavy atom. The number of hydrogen-bond acceptors (Lipinski definition) is 1. The molecule has 11 aromatic rings. The van der Waals surface area contributed by atoms with Crippen LogP contribution in [0.2, 0.25) is 0 Å². The molecule has 0 radical (unpaired) electrons. The fourth-order valence-electron chi connectivity index (χ4n) is 8.68. The number of para-hydroxylation sites is 1. The standard InChI is InChI=1S/C54H36N2/c1-3-13-37(14-4-1)39-25-29-44(30-26-39)55(45-31-27-42-35-41(23-24-43(42)36-45)38-15-5-2-6-16-38)52-33-34-53(48-20-10-9-19-47(48)52)56-51-22-12-11-21-49(51)50-32-28-40-17-7-8-18-46(40)54(50)56/h1-36H. The van der Waals surface area contributed by atoms with Gasteiger partial charge in [-0.1, -0.05) is 170 Å². The van der Waals surface area contributed by atoms with Crippen molar-refractivity contribution in [1.82, 2.24) is 4.57 Å². The highest BCUT2D eigenvalue weighted by Gasteiger charge is 2.21. The molecule has 262 valence electrons. The molecule has 0 spiro atoms. The molecule has 10 aromatic carbocycles. The summed E-state index contributed by atoms with van der Waals surface area (Å²) in [6.07, 6.45) is 0. The summed E-state index contributed by atoms with van der Waals surface area (Å²) in [5, 5.41) is 9.80. The van der Waals surface area contributed by atoms with Crippen LogP contribution in [0.25, 0.3) is 82.1 Å². The summed E-state index contributed by atoms with van der Waals surface area (Å²) in [7, 11) is 0. The van der Waals surface area contributed by atoms with Crippen LogP contribution in [-0.4, -0.2) is 4.57 Å². The molecule has 0 amide bonds. The van der Waals surface area contributed by atoms with E-state index >= 15 is 0 Å². The van der Waals surface area contributed by atoms with Gasteiger partial charge in [0.15, 0.2) is 0 Å². The Balaban J connectivity index is 1.13. The summed E-state index contributed by atoms with van der Waals surface area (Å²) >= 11 is 0. The Labute approximate surface area is 325 Å². The first-order valence-electron chi connectivity index (χ1n) is 19.3. The second-order valence-corrected chi connectivity index (χ2v) is 14.5. The molecule has 0 unspecified atom stereocenters. The zero-order valence-electron chi connectivity index (χ0n) is 30.7. The van der Waals surface area contributed by atoms with Crippen molar-refractivity contribution in [2.75, 3.05) is 4.90 Å². The van der Waals surface area contributed by atoms with Gasteiger partial charge in [-0.2, -0.15) is 0 Å². The highest BCUT2D eigenvalue weighted by Crippen LogP contribution is 2.44. The number of aromatic nitrogens is 1. The van der Waals surface area contributed by atoms with Crippen molar-refractivity contribution in [3.8, 4) is 27.9 Å². The van der Waals surface area contributed by atoms with Crippen molar-refractivity contribution in [1.29, 1.82) is 0 Å². The van der Waals surface area contributed by atoms with Crippen LogP contribution < -0.4 is 4.90 Å². The number of fused-ring (bicyclic) bond motifs is 7. The van der Waals surface area contributed by atoms with Crippen LogP contribution in [0.5, 0.6) is 0 Å². The van der Waals surface area contributed by atoms with Gasteiger partial charge < -0.3 is 9.47 Å². The lowest BCUT2D eigenvalue weighted by atomic mass is 9.99. The summed E-state index contributed by atoms with van der Waals surface area (Å²) in [5.41, 5.74) is 11.8. The Morgan fingerprint density at radius 1 is 0.304 bits per heavy atom. The average molecular weight is 713 g/mol. The SMILES string of the molecule is c1ccc(-c2ccc(N(c3ccc4cc(-c5ccccc5)ccc4c3)c3ccc(-n4c5ccccc5c5ccc6ccccc6c54)c4ccccc34)cc2)cc1. The van der Waals surface area contributed by atoms with E-state index < -0.39 is 0 Å². The van der Waals surface area contributed by atoms with E-state index in [1.54, 1.807) is 0 Å². The van der Waals surface area contributed by atoms with Gasteiger partial charge in [0.1, 0.15) is 0 Å². The lowest BCUT2D eigenvalue weighted by Crippen LogP contribution is -2.11. The summed E-state index contributed by atoms with van der Waals surface area (Å²) in [5.74, 6) is 0. The van der Waals surface area contributed by atoms with Crippen molar-refractivity contribution >= 4 is 71.2 Å². The van der Waals surface area contributed by atoms with Gasteiger partial charge in [0, 0.05) is 38.3 Å². The summed E-state index contributed by atoms with van der Waals surface area (Å²) < 4.78 is 2.48. The van der Waals surface area contributed by atoms with E-state index in [-0.39, 0.29) is 0 Å². The van der Waals surface area contributed by atoms with E-state index in [2.05, 4.69) is 228 Å². The van der Waals surface area contributed by atoms with Crippen LogP contribution in [0.3, 0.4) is 0 Å². The van der Waals surface area contributed by atoms with Crippen LogP contribution in [0.1, 0.15) is 0 Å².